The van der Waals surface area contributed by atoms with E-state index in [1.807, 2.05) is 60.0 Å². The third-order valence-electron chi connectivity index (χ3n) is 3.86. The molecule has 8 heteroatoms. The fraction of sp³-hybridized carbons (Fsp3) is 0.158. The quantitative estimate of drug-likeness (QED) is 0.710. The maximum atomic E-state index is 11.4. The first-order valence-corrected chi connectivity index (χ1v) is 7.77. The normalized spacial score (nSPS) is 11.0. The summed E-state index contributed by atoms with van der Waals surface area (Å²) in [6, 6.07) is 17.5. The molecule has 0 aliphatic carbocycles. The van der Waals surface area contributed by atoms with Gasteiger partial charge in [0.05, 0.1) is 0 Å². The number of aliphatic carboxylic acids is 1. The number of aromatic nitrogens is 1. The standard InChI is InChI=1S/C17H15NO2.C2HF3O2/c1-12-6-2-3-8-14(12)11-18-15-9-5-4-7-13(15)10-16(18)17(19)20;3-2(4,5)1(6)7/h2-10H,11H2,1H3,(H,19,20);(H,6,7). The fourth-order valence-electron chi connectivity index (χ4n) is 2.52. The van der Waals surface area contributed by atoms with E-state index < -0.39 is 18.1 Å². The summed E-state index contributed by atoms with van der Waals surface area (Å²) in [6.07, 6.45) is -5.08. The van der Waals surface area contributed by atoms with Crippen LogP contribution in [0.4, 0.5) is 13.2 Å². The molecular formula is C19H16F3NO4. The Morgan fingerprint density at radius 1 is 1.00 bits per heavy atom. The second-order valence-electron chi connectivity index (χ2n) is 5.71. The van der Waals surface area contributed by atoms with Gasteiger partial charge in [0, 0.05) is 17.4 Å². The molecule has 3 aromatic rings. The van der Waals surface area contributed by atoms with Crippen molar-refractivity contribution >= 4 is 22.8 Å². The van der Waals surface area contributed by atoms with Crippen LogP contribution in [0.3, 0.4) is 0 Å². The van der Waals surface area contributed by atoms with Crippen molar-refractivity contribution in [3.8, 4) is 0 Å². The molecule has 0 spiro atoms. The van der Waals surface area contributed by atoms with Gasteiger partial charge in [-0.1, -0.05) is 42.5 Å². The second-order valence-corrected chi connectivity index (χ2v) is 5.71. The zero-order chi connectivity index (χ0) is 20.2. The highest BCUT2D eigenvalue weighted by molar-refractivity contribution is 5.94. The summed E-state index contributed by atoms with van der Waals surface area (Å²) < 4.78 is 33.6. The first-order valence-electron chi connectivity index (χ1n) is 7.77. The minimum Gasteiger partial charge on any atom is -0.477 e. The number of alkyl halides is 3. The van der Waals surface area contributed by atoms with Crippen molar-refractivity contribution in [2.75, 3.05) is 0 Å². The van der Waals surface area contributed by atoms with E-state index in [1.165, 1.54) is 5.56 Å². The van der Waals surface area contributed by atoms with Crippen molar-refractivity contribution in [3.05, 3.63) is 71.4 Å². The molecular weight excluding hydrogens is 363 g/mol. The van der Waals surface area contributed by atoms with Gasteiger partial charge in [-0.15, -0.1) is 0 Å². The van der Waals surface area contributed by atoms with Crippen LogP contribution in [-0.4, -0.2) is 32.9 Å². The lowest BCUT2D eigenvalue weighted by molar-refractivity contribution is -0.192. The number of fused-ring (bicyclic) bond motifs is 1. The van der Waals surface area contributed by atoms with Crippen LogP contribution in [0.2, 0.25) is 0 Å². The highest BCUT2D eigenvalue weighted by Crippen LogP contribution is 2.22. The number of hydrogen-bond donors (Lipinski definition) is 2. The predicted octanol–water partition coefficient (Wildman–Crippen LogP) is 4.33. The van der Waals surface area contributed by atoms with E-state index in [0.717, 1.165) is 16.5 Å². The molecule has 0 unspecified atom stereocenters. The Labute approximate surface area is 152 Å². The summed E-state index contributed by atoms with van der Waals surface area (Å²) in [5.41, 5.74) is 3.58. The van der Waals surface area contributed by atoms with Gasteiger partial charge >= 0.3 is 18.1 Å². The van der Waals surface area contributed by atoms with Crippen LogP contribution in [0.1, 0.15) is 21.6 Å². The van der Waals surface area contributed by atoms with Gasteiger partial charge in [-0.25, -0.2) is 9.59 Å². The number of nitrogens with zero attached hydrogens (tertiary/aromatic N) is 1. The van der Waals surface area contributed by atoms with E-state index in [4.69, 9.17) is 9.90 Å². The van der Waals surface area contributed by atoms with Gasteiger partial charge in [0.25, 0.3) is 0 Å². The first-order chi connectivity index (χ1) is 12.6. The van der Waals surface area contributed by atoms with Crippen molar-refractivity contribution in [1.82, 2.24) is 4.57 Å². The van der Waals surface area contributed by atoms with Gasteiger partial charge in [0.1, 0.15) is 5.69 Å². The SMILES string of the molecule is Cc1ccccc1Cn1c(C(=O)O)cc2ccccc21.O=C(O)C(F)(F)F. The zero-order valence-corrected chi connectivity index (χ0v) is 14.2. The zero-order valence-electron chi connectivity index (χ0n) is 14.2. The monoisotopic (exact) mass is 379 g/mol. The summed E-state index contributed by atoms with van der Waals surface area (Å²) >= 11 is 0. The smallest absolute Gasteiger partial charge is 0.477 e. The molecule has 3 rings (SSSR count). The van der Waals surface area contributed by atoms with Crippen LogP contribution >= 0.6 is 0 Å². The molecule has 0 amide bonds. The lowest BCUT2D eigenvalue weighted by Gasteiger charge is -2.10. The maximum Gasteiger partial charge on any atom is 0.490 e. The van der Waals surface area contributed by atoms with E-state index in [-0.39, 0.29) is 0 Å². The van der Waals surface area contributed by atoms with Crippen LogP contribution in [-0.2, 0) is 11.3 Å². The Balaban J connectivity index is 0.000000321. The second kappa shape index (κ2) is 7.94. The van der Waals surface area contributed by atoms with E-state index in [2.05, 4.69) is 0 Å². The topological polar surface area (TPSA) is 79.5 Å². The summed E-state index contributed by atoms with van der Waals surface area (Å²) in [5, 5.41) is 17.5. The summed E-state index contributed by atoms with van der Waals surface area (Å²) in [6.45, 7) is 2.61. The molecule has 1 aromatic heterocycles. The molecule has 0 bridgehead atoms. The molecule has 0 fully saturated rings. The number of hydrogen-bond acceptors (Lipinski definition) is 2. The molecule has 5 nitrogen and oxygen atoms in total. The van der Waals surface area contributed by atoms with Crippen LogP contribution < -0.4 is 0 Å². The molecule has 0 atom stereocenters. The van der Waals surface area contributed by atoms with Crippen molar-refractivity contribution < 1.29 is 33.0 Å². The van der Waals surface area contributed by atoms with Crippen molar-refractivity contribution in [3.63, 3.8) is 0 Å². The molecule has 142 valence electrons. The minimum atomic E-state index is -5.08. The average Bonchev–Trinajstić information content (AvgIpc) is 2.96. The lowest BCUT2D eigenvalue weighted by atomic mass is 10.1. The molecule has 1 heterocycles. The molecule has 27 heavy (non-hydrogen) atoms. The Kier molecular flexibility index (Phi) is 5.89. The van der Waals surface area contributed by atoms with Crippen molar-refractivity contribution in [2.24, 2.45) is 0 Å². The summed E-state index contributed by atoms with van der Waals surface area (Å²) in [4.78, 5) is 20.3. The molecule has 2 N–H and O–H groups in total. The Morgan fingerprint density at radius 2 is 1.56 bits per heavy atom. The third-order valence-corrected chi connectivity index (χ3v) is 3.86. The Bertz CT molecular complexity index is 976. The molecule has 0 aliphatic rings. The van der Waals surface area contributed by atoms with Crippen LogP contribution in [0.5, 0.6) is 0 Å². The summed E-state index contributed by atoms with van der Waals surface area (Å²) in [7, 11) is 0. The molecule has 0 saturated carbocycles. The Morgan fingerprint density at radius 3 is 2.11 bits per heavy atom. The number of para-hydroxylation sites is 1. The lowest BCUT2D eigenvalue weighted by Crippen LogP contribution is -2.21. The number of aromatic carboxylic acids is 1. The van der Waals surface area contributed by atoms with E-state index in [9.17, 15) is 23.1 Å². The van der Waals surface area contributed by atoms with Gasteiger partial charge in [0.15, 0.2) is 0 Å². The Hall–Kier alpha value is -3.29. The molecule has 0 saturated heterocycles. The number of carbonyl (C=O) groups is 2. The molecule has 0 radical (unpaired) electrons. The predicted molar refractivity (Wildman–Crippen MR) is 92.9 cm³/mol. The highest BCUT2D eigenvalue weighted by atomic mass is 19.4. The number of rotatable bonds is 3. The van der Waals surface area contributed by atoms with Crippen molar-refractivity contribution in [2.45, 2.75) is 19.6 Å². The average molecular weight is 379 g/mol. The van der Waals surface area contributed by atoms with E-state index >= 15 is 0 Å². The number of aryl methyl sites for hydroxylation is 1. The van der Waals surface area contributed by atoms with E-state index in [0.29, 0.717) is 12.2 Å². The number of carboxylic acids is 2. The van der Waals surface area contributed by atoms with Crippen molar-refractivity contribution in [1.29, 1.82) is 0 Å². The first kappa shape index (κ1) is 20.0. The number of carboxylic acid groups (broad SMARTS) is 2. The minimum absolute atomic E-state index is 0.328. The summed E-state index contributed by atoms with van der Waals surface area (Å²) in [5.74, 6) is -3.65. The largest absolute Gasteiger partial charge is 0.490 e. The van der Waals surface area contributed by atoms with Gasteiger partial charge < -0.3 is 14.8 Å². The van der Waals surface area contributed by atoms with Gasteiger partial charge in [0.2, 0.25) is 0 Å². The van der Waals surface area contributed by atoms with Gasteiger partial charge in [-0.2, -0.15) is 13.2 Å². The van der Waals surface area contributed by atoms with E-state index in [1.54, 1.807) is 6.07 Å². The van der Waals surface area contributed by atoms with Gasteiger partial charge in [-0.3, -0.25) is 0 Å². The van der Waals surface area contributed by atoms with Crippen LogP contribution in [0.15, 0.2) is 54.6 Å². The third kappa shape index (κ3) is 4.87. The van der Waals surface area contributed by atoms with Gasteiger partial charge in [-0.05, 0) is 30.2 Å². The molecule has 2 aromatic carbocycles. The van der Waals surface area contributed by atoms with Crippen LogP contribution in [0.25, 0.3) is 10.9 Å². The van der Waals surface area contributed by atoms with Crippen LogP contribution in [0, 0.1) is 6.92 Å². The molecule has 0 aliphatic heterocycles. The number of halogens is 3. The fourth-order valence-corrected chi connectivity index (χ4v) is 2.52. The maximum absolute atomic E-state index is 11.4. The number of benzene rings is 2. The highest BCUT2D eigenvalue weighted by Gasteiger charge is 2.38.